The normalized spacial score (nSPS) is 18.9. The van der Waals surface area contributed by atoms with Crippen LogP contribution in [-0.2, 0) is 4.74 Å². The lowest BCUT2D eigenvalue weighted by molar-refractivity contribution is 0.187. The van der Waals surface area contributed by atoms with E-state index in [-0.39, 0.29) is 0 Å². The van der Waals surface area contributed by atoms with E-state index >= 15 is 0 Å². The molecule has 5 nitrogen and oxygen atoms in total. The van der Waals surface area contributed by atoms with Crippen molar-refractivity contribution in [3.63, 3.8) is 0 Å². The average molecular weight is 251 g/mol. The molecule has 0 amide bonds. The van der Waals surface area contributed by atoms with Gasteiger partial charge in [0, 0.05) is 30.8 Å². The second-order valence-corrected chi connectivity index (χ2v) is 4.63. The molecule has 1 aromatic heterocycles. The van der Waals surface area contributed by atoms with E-state index in [1.54, 1.807) is 0 Å². The quantitative estimate of drug-likeness (QED) is 0.838. The average Bonchev–Trinajstić information content (AvgIpc) is 2.86. The van der Waals surface area contributed by atoms with Crippen molar-refractivity contribution in [1.82, 2.24) is 9.97 Å². The van der Waals surface area contributed by atoms with Crippen LogP contribution in [0.3, 0.4) is 0 Å². The molecule has 2 rings (SSSR count). The molecule has 1 saturated heterocycles. The molecule has 1 N–H and O–H groups in total. The second-order valence-electron chi connectivity index (χ2n) is 4.63. The highest BCUT2D eigenvalue weighted by molar-refractivity contribution is 5.30. The predicted octanol–water partition coefficient (Wildman–Crippen LogP) is 2.02. The van der Waals surface area contributed by atoms with Gasteiger partial charge in [-0.25, -0.2) is 4.98 Å². The Balaban J connectivity index is 1.91. The number of nitrogens with one attached hydrogen (secondary N) is 1. The fourth-order valence-electron chi connectivity index (χ4n) is 1.88. The molecule has 1 aliphatic rings. The van der Waals surface area contributed by atoms with E-state index in [9.17, 15) is 0 Å². The Kier molecular flexibility index (Phi) is 4.75. The fourth-order valence-corrected chi connectivity index (χ4v) is 1.88. The van der Waals surface area contributed by atoms with E-state index in [2.05, 4.69) is 22.2 Å². The van der Waals surface area contributed by atoms with Crippen molar-refractivity contribution in [2.45, 2.75) is 26.7 Å². The molecule has 0 bridgehead atoms. The number of rotatable bonds is 6. The van der Waals surface area contributed by atoms with Gasteiger partial charge in [0.25, 0.3) is 0 Å². The molecule has 1 aromatic rings. The highest BCUT2D eigenvalue weighted by Crippen LogP contribution is 2.15. The maximum atomic E-state index is 5.53. The molecule has 5 heteroatoms. The minimum Gasteiger partial charge on any atom is -0.478 e. The van der Waals surface area contributed by atoms with E-state index in [0.717, 1.165) is 38.3 Å². The third kappa shape index (κ3) is 3.84. The molecule has 2 heterocycles. The van der Waals surface area contributed by atoms with Crippen LogP contribution in [0.5, 0.6) is 5.88 Å². The Morgan fingerprint density at radius 2 is 2.39 bits per heavy atom. The van der Waals surface area contributed by atoms with Crippen molar-refractivity contribution in [3.8, 4) is 5.88 Å². The number of ether oxygens (including phenoxy) is 2. The van der Waals surface area contributed by atoms with E-state index in [4.69, 9.17) is 9.47 Å². The molecule has 0 radical (unpaired) electrons. The molecule has 1 unspecified atom stereocenters. The zero-order valence-corrected chi connectivity index (χ0v) is 11.1. The van der Waals surface area contributed by atoms with Crippen molar-refractivity contribution in [2.24, 2.45) is 5.92 Å². The lowest BCUT2D eigenvalue weighted by Gasteiger charge is -2.11. The molecular formula is C13H21N3O2. The first-order valence-electron chi connectivity index (χ1n) is 6.58. The highest BCUT2D eigenvalue weighted by Gasteiger charge is 2.15. The van der Waals surface area contributed by atoms with Crippen LogP contribution in [-0.4, -0.2) is 36.3 Å². The summed E-state index contributed by atoms with van der Waals surface area (Å²) in [5.74, 6) is 1.86. The molecule has 0 aromatic carbocycles. The molecule has 1 aliphatic heterocycles. The molecule has 1 atom stereocenters. The first kappa shape index (κ1) is 13.1. The summed E-state index contributed by atoms with van der Waals surface area (Å²) >= 11 is 0. The number of aromatic nitrogens is 2. The number of anilines is 1. The summed E-state index contributed by atoms with van der Waals surface area (Å²) in [4.78, 5) is 8.71. The van der Waals surface area contributed by atoms with Crippen LogP contribution in [0.25, 0.3) is 0 Å². The number of aryl methyl sites for hydroxylation is 1. The molecule has 1 fully saturated rings. The lowest BCUT2D eigenvalue weighted by atomic mass is 10.1. The van der Waals surface area contributed by atoms with Gasteiger partial charge in [-0.3, -0.25) is 0 Å². The van der Waals surface area contributed by atoms with Crippen LogP contribution in [0.15, 0.2) is 6.07 Å². The minimum absolute atomic E-state index is 0.564. The van der Waals surface area contributed by atoms with Gasteiger partial charge in [0.05, 0.1) is 13.2 Å². The molecule has 0 saturated carbocycles. The summed E-state index contributed by atoms with van der Waals surface area (Å²) in [7, 11) is 0. The van der Waals surface area contributed by atoms with Crippen molar-refractivity contribution >= 4 is 5.95 Å². The molecular weight excluding hydrogens is 230 g/mol. The summed E-state index contributed by atoms with van der Waals surface area (Å²) in [5.41, 5.74) is 0.918. The predicted molar refractivity (Wildman–Crippen MR) is 70.0 cm³/mol. The SMILES string of the molecule is CCCOc1cc(C)nc(NCC2CCOC2)n1. The topological polar surface area (TPSA) is 56.3 Å². The largest absolute Gasteiger partial charge is 0.478 e. The van der Waals surface area contributed by atoms with E-state index in [1.807, 2.05) is 13.0 Å². The van der Waals surface area contributed by atoms with Crippen LogP contribution in [0.2, 0.25) is 0 Å². The van der Waals surface area contributed by atoms with Crippen LogP contribution in [0, 0.1) is 12.8 Å². The molecule has 100 valence electrons. The Labute approximate surface area is 108 Å². The maximum absolute atomic E-state index is 5.53. The van der Waals surface area contributed by atoms with Gasteiger partial charge >= 0.3 is 0 Å². The van der Waals surface area contributed by atoms with Gasteiger partial charge in [-0.2, -0.15) is 4.98 Å². The standard InChI is InChI=1S/C13H21N3O2/c1-3-5-18-12-7-10(2)15-13(16-12)14-8-11-4-6-17-9-11/h7,11H,3-6,8-9H2,1-2H3,(H,14,15,16). The number of hydrogen-bond acceptors (Lipinski definition) is 5. The van der Waals surface area contributed by atoms with Gasteiger partial charge in [-0.1, -0.05) is 6.92 Å². The molecule has 0 aliphatic carbocycles. The first-order valence-corrected chi connectivity index (χ1v) is 6.58. The third-order valence-electron chi connectivity index (χ3n) is 2.86. The van der Waals surface area contributed by atoms with Gasteiger partial charge in [0.1, 0.15) is 0 Å². The summed E-state index contributed by atoms with van der Waals surface area (Å²) in [5, 5.41) is 3.26. The van der Waals surface area contributed by atoms with Crippen LogP contribution < -0.4 is 10.1 Å². The zero-order chi connectivity index (χ0) is 12.8. The molecule has 0 spiro atoms. The highest BCUT2D eigenvalue weighted by atomic mass is 16.5. The van der Waals surface area contributed by atoms with Gasteiger partial charge < -0.3 is 14.8 Å². The van der Waals surface area contributed by atoms with Crippen LogP contribution in [0.4, 0.5) is 5.95 Å². The smallest absolute Gasteiger partial charge is 0.226 e. The monoisotopic (exact) mass is 251 g/mol. The Bertz CT molecular complexity index is 378. The second kappa shape index (κ2) is 6.54. The summed E-state index contributed by atoms with van der Waals surface area (Å²) in [6.45, 7) is 7.27. The van der Waals surface area contributed by atoms with Crippen molar-refractivity contribution < 1.29 is 9.47 Å². The van der Waals surface area contributed by atoms with Gasteiger partial charge in [-0.15, -0.1) is 0 Å². The van der Waals surface area contributed by atoms with E-state index in [1.165, 1.54) is 0 Å². The maximum Gasteiger partial charge on any atom is 0.226 e. The van der Waals surface area contributed by atoms with Gasteiger partial charge in [0.15, 0.2) is 0 Å². The lowest BCUT2D eigenvalue weighted by Crippen LogP contribution is -2.16. The Hall–Kier alpha value is -1.36. The van der Waals surface area contributed by atoms with Crippen molar-refractivity contribution in [3.05, 3.63) is 11.8 Å². The van der Waals surface area contributed by atoms with E-state index in [0.29, 0.717) is 24.4 Å². The number of nitrogens with zero attached hydrogens (tertiary/aromatic N) is 2. The summed E-state index contributed by atoms with van der Waals surface area (Å²) in [6, 6.07) is 1.86. The Morgan fingerprint density at radius 3 is 3.11 bits per heavy atom. The number of hydrogen-bond donors (Lipinski definition) is 1. The van der Waals surface area contributed by atoms with Gasteiger partial charge in [-0.05, 0) is 19.8 Å². The molecule has 18 heavy (non-hydrogen) atoms. The minimum atomic E-state index is 0.564. The van der Waals surface area contributed by atoms with E-state index < -0.39 is 0 Å². The first-order chi connectivity index (χ1) is 8.78. The van der Waals surface area contributed by atoms with Crippen molar-refractivity contribution in [2.75, 3.05) is 31.7 Å². The van der Waals surface area contributed by atoms with Crippen LogP contribution >= 0.6 is 0 Å². The zero-order valence-electron chi connectivity index (χ0n) is 11.1. The van der Waals surface area contributed by atoms with Crippen molar-refractivity contribution in [1.29, 1.82) is 0 Å². The Morgan fingerprint density at radius 1 is 1.50 bits per heavy atom. The fraction of sp³-hybridized carbons (Fsp3) is 0.692. The third-order valence-corrected chi connectivity index (χ3v) is 2.86. The summed E-state index contributed by atoms with van der Waals surface area (Å²) in [6.07, 6.45) is 2.09. The van der Waals surface area contributed by atoms with Gasteiger partial charge in [0.2, 0.25) is 11.8 Å². The summed E-state index contributed by atoms with van der Waals surface area (Å²) < 4.78 is 10.9. The van der Waals surface area contributed by atoms with Crippen LogP contribution in [0.1, 0.15) is 25.5 Å².